The van der Waals surface area contributed by atoms with E-state index >= 15 is 0 Å². The van der Waals surface area contributed by atoms with Gasteiger partial charge >= 0.3 is 6.18 Å². The van der Waals surface area contributed by atoms with E-state index in [1.165, 1.54) is 0 Å². The SMILES string of the molecule is CCC(C)CC(CC)(NCC(F)(F)F)C(N)=O. The minimum atomic E-state index is -4.34. The van der Waals surface area contributed by atoms with Crippen LogP contribution in [0, 0.1) is 5.92 Å². The zero-order valence-corrected chi connectivity index (χ0v) is 10.5. The van der Waals surface area contributed by atoms with Gasteiger partial charge in [-0.1, -0.05) is 27.2 Å². The zero-order chi connectivity index (χ0) is 13.7. The van der Waals surface area contributed by atoms with Gasteiger partial charge in [0, 0.05) is 0 Å². The van der Waals surface area contributed by atoms with Crippen LogP contribution in [-0.4, -0.2) is 24.2 Å². The third kappa shape index (κ3) is 5.39. The van der Waals surface area contributed by atoms with Gasteiger partial charge < -0.3 is 5.73 Å². The average Bonchev–Trinajstić information content (AvgIpc) is 2.22. The van der Waals surface area contributed by atoms with Crippen LogP contribution in [0.1, 0.15) is 40.0 Å². The maximum absolute atomic E-state index is 12.2. The summed E-state index contributed by atoms with van der Waals surface area (Å²) in [5, 5.41) is 2.29. The van der Waals surface area contributed by atoms with Crippen LogP contribution >= 0.6 is 0 Å². The molecule has 0 saturated carbocycles. The molecule has 0 saturated heterocycles. The summed E-state index contributed by atoms with van der Waals surface area (Å²) in [7, 11) is 0. The summed E-state index contributed by atoms with van der Waals surface area (Å²) in [5.74, 6) is -0.576. The molecule has 102 valence electrons. The standard InChI is InChI=1S/C11H21F3N2O/c1-4-8(3)6-10(5-2,9(15)17)16-7-11(12,13)14/h8,16H,4-7H2,1-3H3,(H2,15,17). The summed E-state index contributed by atoms with van der Waals surface area (Å²) in [4.78, 5) is 11.4. The average molecular weight is 254 g/mol. The molecule has 2 atom stereocenters. The molecule has 3 N–H and O–H groups in total. The highest BCUT2D eigenvalue weighted by atomic mass is 19.4. The van der Waals surface area contributed by atoms with Crippen molar-refractivity contribution in [3.05, 3.63) is 0 Å². The number of hydrogen-bond acceptors (Lipinski definition) is 2. The van der Waals surface area contributed by atoms with Crippen molar-refractivity contribution in [3.8, 4) is 0 Å². The highest BCUT2D eigenvalue weighted by Crippen LogP contribution is 2.24. The zero-order valence-electron chi connectivity index (χ0n) is 10.5. The third-order valence-electron chi connectivity index (χ3n) is 3.10. The van der Waals surface area contributed by atoms with Crippen molar-refractivity contribution in [3.63, 3.8) is 0 Å². The predicted molar refractivity (Wildman–Crippen MR) is 60.3 cm³/mol. The summed E-state index contributed by atoms with van der Waals surface area (Å²) < 4.78 is 36.6. The molecule has 0 aromatic rings. The number of hydrogen-bond donors (Lipinski definition) is 2. The minimum absolute atomic E-state index is 0.142. The van der Waals surface area contributed by atoms with E-state index in [2.05, 4.69) is 5.32 Å². The first-order valence-electron chi connectivity index (χ1n) is 5.78. The molecule has 0 aliphatic carbocycles. The second-order valence-electron chi connectivity index (χ2n) is 4.49. The van der Waals surface area contributed by atoms with Crippen LogP contribution < -0.4 is 11.1 Å². The number of halogens is 3. The maximum atomic E-state index is 12.2. The lowest BCUT2D eigenvalue weighted by atomic mass is 9.84. The first-order chi connectivity index (χ1) is 7.67. The number of carbonyl (C=O) groups excluding carboxylic acids is 1. The predicted octanol–water partition coefficient (Wildman–Crippen LogP) is 2.21. The van der Waals surface area contributed by atoms with Gasteiger partial charge in [0.25, 0.3) is 0 Å². The van der Waals surface area contributed by atoms with Gasteiger partial charge in [-0.25, -0.2) is 0 Å². The molecule has 17 heavy (non-hydrogen) atoms. The van der Waals surface area contributed by atoms with Gasteiger partial charge in [-0.15, -0.1) is 0 Å². The second kappa shape index (κ2) is 6.23. The highest BCUT2D eigenvalue weighted by Gasteiger charge is 2.39. The molecule has 1 amide bonds. The normalized spacial score (nSPS) is 17.5. The first-order valence-corrected chi connectivity index (χ1v) is 5.78. The van der Waals surface area contributed by atoms with E-state index in [4.69, 9.17) is 5.73 Å². The largest absolute Gasteiger partial charge is 0.401 e. The molecule has 6 heteroatoms. The van der Waals surface area contributed by atoms with Crippen molar-refractivity contribution in [2.24, 2.45) is 11.7 Å². The Morgan fingerprint density at radius 2 is 1.88 bits per heavy atom. The number of nitrogens with two attached hydrogens (primary N) is 1. The van der Waals surface area contributed by atoms with Gasteiger partial charge in [-0.3, -0.25) is 10.1 Å². The van der Waals surface area contributed by atoms with Crippen LogP contribution in [-0.2, 0) is 4.79 Å². The van der Waals surface area contributed by atoms with Gasteiger partial charge in [0.2, 0.25) is 5.91 Å². The fraction of sp³-hybridized carbons (Fsp3) is 0.909. The van der Waals surface area contributed by atoms with Crippen molar-refractivity contribution in [2.45, 2.75) is 51.7 Å². The Morgan fingerprint density at radius 3 is 2.18 bits per heavy atom. The van der Waals surface area contributed by atoms with Crippen molar-refractivity contribution in [2.75, 3.05) is 6.54 Å². The van der Waals surface area contributed by atoms with E-state index in [0.717, 1.165) is 6.42 Å². The molecule has 3 nitrogen and oxygen atoms in total. The maximum Gasteiger partial charge on any atom is 0.401 e. The summed E-state index contributed by atoms with van der Waals surface area (Å²) in [6.45, 7) is 4.29. The molecule has 2 unspecified atom stereocenters. The Labute approximate surface area is 99.9 Å². The van der Waals surface area contributed by atoms with Gasteiger partial charge in [0.15, 0.2) is 0 Å². The van der Waals surface area contributed by atoms with Crippen molar-refractivity contribution in [1.29, 1.82) is 0 Å². The quantitative estimate of drug-likeness (QED) is 0.732. The smallest absolute Gasteiger partial charge is 0.368 e. The number of carbonyl (C=O) groups is 1. The Hall–Kier alpha value is -0.780. The van der Waals surface area contributed by atoms with Crippen LogP contribution in [0.2, 0.25) is 0 Å². The lowest BCUT2D eigenvalue weighted by Crippen LogP contribution is -2.58. The molecule has 0 fully saturated rings. The Kier molecular flexibility index (Phi) is 5.95. The number of primary amides is 1. The molecule has 0 radical (unpaired) electrons. The lowest BCUT2D eigenvalue weighted by molar-refractivity contribution is -0.137. The summed E-state index contributed by atoms with van der Waals surface area (Å²) >= 11 is 0. The molecular formula is C11H21F3N2O. The summed E-state index contributed by atoms with van der Waals surface area (Å²) in [5.41, 5.74) is 3.99. The Balaban J connectivity index is 4.77. The minimum Gasteiger partial charge on any atom is -0.368 e. The van der Waals surface area contributed by atoms with E-state index in [-0.39, 0.29) is 12.3 Å². The topological polar surface area (TPSA) is 55.1 Å². The molecule has 0 spiro atoms. The number of rotatable bonds is 7. The fourth-order valence-corrected chi connectivity index (χ4v) is 1.71. The van der Waals surface area contributed by atoms with Gasteiger partial charge in [-0.2, -0.15) is 13.2 Å². The number of nitrogens with one attached hydrogen (secondary N) is 1. The van der Waals surface area contributed by atoms with Crippen molar-refractivity contribution < 1.29 is 18.0 Å². The molecule has 0 aliphatic heterocycles. The van der Waals surface area contributed by atoms with Gasteiger partial charge in [0.1, 0.15) is 0 Å². The van der Waals surface area contributed by atoms with Crippen molar-refractivity contribution >= 4 is 5.91 Å². The summed E-state index contributed by atoms with van der Waals surface area (Å²) in [6, 6.07) is 0. The van der Waals surface area contributed by atoms with E-state index in [1.807, 2.05) is 13.8 Å². The Morgan fingerprint density at radius 1 is 1.35 bits per heavy atom. The molecule has 0 aromatic carbocycles. The monoisotopic (exact) mass is 254 g/mol. The van der Waals surface area contributed by atoms with Crippen LogP contribution in [0.25, 0.3) is 0 Å². The van der Waals surface area contributed by atoms with Crippen LogP contribution in [0.15, 0.2) is 0 Å². The van der Waals surface area contributed by atoms with Gasteiger partial charge in [0.05, 0.1) is 12.1 Å². The summed E-state index contributed by atoms with van der Waals surface area (Å²) in [6.07, 6.45) is -2.97. The van der Waals surface area contributed by atoms with E-state index in [1.54, 1.807) is 6.92 Å². The third-order valence-corrected chi connectivity index (χ3v) is 3.10. The second-order valence-corrected chi connectivity index (χ2v) is 4.49. The highest BCUT2D eigenvalue weighted by molar-refractivity contribution is 5.84. The number of alkyl halides is 3. The molecule has 0 bridgehead atoms. The first kappa shape index (κ1) is 16.2. The lowest BCUT2D eigenvalue weighted by Gasteiger charge is -2.33. The molecule has 0 heterocycles. The molecule has 0 rings (SSSR count). The molecule has 0 aromatic heterocycles. The van der Waals surface area contributed by atoms with E-state index in [0.29, 0.717) is 6.42 Å². The van der Waals surface area contributed by atoms with E-state index < -0.39 is 24.2 Å². The van der Waals surface area contributed by atoms with E-state index in [9.17, 15) is 18.0 Å². The van der Waals surface area contributed by atoms with Crippen molar-refractivity contribution in [1.82, 2.24) is 5.32 Å². The molecular weight excluding hydrogens is 233 g/mol. The van der Waals surface area contributed by atoms with Crippen LogP contribution in [0.5, 0.6) is 0 Å². The molecule has 0 aliphatic rings. The fourth-order valence-electron chi connectivity index (χ4n) is 1.71. The van der Waals surface area contributed by atoms with Crippen LogP contribution in [0.3, 0.4) is 0 Å². The Bertz CT molecular complexity index is 256. The number of amides is 1. The van der Waals surface area contributed by atoms with Gasteiger partial charge in [-0.05, 0) is 18.8 Å². The van der Waals surface area contributed by atoms with Crippen LogP contribution in [0.4, 0.5) is 13.2 Å².